The average Bonchev–Trinajstić information content (AvgIpc) is 2.96. The number of hydrogen-bond acceptors (Lipinski definition) is 5. The first-order chi connectivity index (χ1) is 12.1. The van der Waals surface area contributed by atoms with Crippen LogP contribution in [-0.2, 0) is 10.3 Å². The van der Waals surface area contributed by atoms with Crippen LogP contribution in [0.4, 0.5) is 13.2 Å². The van der Waals surface area contributed by atoms with Crippen LogP contribution < -0.4 is 5.73 Å². The third-order valence-electron chi connectivity index (χ3n) is 4.02. The Kier molecular flexibility index (Phi) is 4.63. The van der Waals surface area contributed by atoms with Crippen LogP contribution in [0.5, 0.6) is 0 Å². The summed E-state index contributed by atoms with van der Waals surface area (Å²) in [6, 6.07) is 10.1. The van der Waals surface area contributed by atoms with Crippen LogP contribution in [0.25, 0.3) is 10.4 Å². The maximum Gasteiger partial charge on any atom is 0.425 e. The number of hydrogen-bond donors (Lipinski definition) is 1. The third kappa shape index (κ3) is 3.50. The maximum atomic E-state index is 13.1. The molecular formula is C17H13ClF3N3OS. The highest BCUT2D eigenvalue weighted by molar-refractivity contribution is 7.16. The molecule has 1 aromatic carbocycles. The molecule has 4 nitrogen and oxygen atoms in total. The zero-order valence-corrected chi connectivity index (χ0v) is 15.0. The second-order valence-electron chi connectivity index (χ2n) is 6.06. The molecule has 0 saturated carbocycles. The second kappa shape index (κ2) is 6.49. The van der Waals surface area contributed by atoms with Crippen LogP contribution >= 0.6 is 22.9 Å². The van der Waals surface area contributed by atoms with Crippen molar-refractivity contribution in [2.75, 3.05) is 0 Å². The van der Waals surface area contributed by atoms with Crippen molar-refractivity contribution in [1.82, 2.24) is 0 Å². The van der Waals surface area contributed by atoms with Gasteiger partial charge in [0.15, 0.2) is 6.10 Å². The Balaban J connectivity index is 2.03. The van der Waals surface area contributed by atoms with Crippen LogP contribution in [0.3, 0.4) is 0 Å². The number of aliphatic imine (C=N–C) groups is 1. The molecule has 0 radical (unpaired) electrons. The molecular weight excluding hydrogens is 387 g/mol. The quantitative estimate of drug-likeness (QED) is 0.786. The first-order valence-electron chi connectivity index (χ1n) is 7.51. The fraction of sp³-hybridized carbons (Fsp3) is 0.294. The summed E-state index contributed by atoms with van der Waals surface area (Å²) >= 11 is 7.54. The molecule has 9 heteroatoms. The number of halogens is 4. The zero-order valence-electron chi connectivity index (χ0n) is 13.5. The molecule has 136 valence electrons. The SMILES string of the molecule is C[C@@]1(c2sc(-c3cccc(C#N)c3)cc2Cl)C[C@@H](C(F)(F)F)OC(N)=N1. The normalized spacial score (nSPS) is 23.1. The summed E-state index contributed by atoms with van der Waals surface area (Å²) in [6.45, 7) is 1.55. The minimum absolute atomic E-state index is 0.300. The lowest BCUT2D eigenvalue weighted by atomic mass is 9.92. The molecule has 0 bridgehead atoms. The highest BCUT2D eigenvalue weighted by Gasteiger charge is 2.50. The predicted molar refractivity (Wildman–Crippen MR) is 94.0 cm³/mol. The second-order valence-corrected chi connectivity index (χ2v) is 7.52. The van der Waals surface area contributed by atoms with E-state index in [0.29, 0.717) is 15.5 Å². The molecule has 3 rings (SSSR count). The molecule has 0 fully saturated rings. The number of ether oxygens (including phenoxy) is 1. The van der Waals surface area contributed by atoms with Gasteiger partial charge in [-0.05, 0) is 30.7 Å². The van der Waals surface area contributed by atoms with E-state index in [1.807, 2.05) is 6.07 Å². The van der Waals surface area contributed by atoms with Crippen molar-refractivity contribution in [3.05, 3.63) is 45.8 Å². The maximum absolute atomic E-state index is 13.1. The molecule has 0 aliphatic carbocycles. The van der Waals surface area contributed by atoms with Gasteiger partial charge in [-0.2, -0.15) is 18.4 Å². The fourth-order valence-electron chi connectivity index (χ4n) is 2.81. The highest BCUT2D eigenvalue weighted by atomic mass is 35.5. The monoisotopic (exact) mass is 399 g/mol. The van der Waals surface area contributed by atoms with Gasteiger partial charge in [-0.15, -0.1) is 11.3 Å². The average molecular weight is 400 g/mol. The van der Waals surface area contributed by atoms with Crippen LogP contribution in [0.15, 0.2) is 35.3 Å². The van der Waals surface area contributed by atoms with Crippen molar-refractivity contribution >= 4 is 29.0 Å². The van der Waals surface area contributed by atoms with Gasteiger partial charge in [0.05, 0.1) is 21.5 Å². The molecule has 1 aromatic heterocycles. The molecule has 1 aliphatic heterocycles. The molecule has 26 heavy (non-hydrogen) atoms. The van der Waals surface area contributed by atoms with Crippen molar-refractivity contribution in [1.29, 1.82) is 5.26 Å². The van der Waals surface area contributed by atoms with E-state index < -0.39 is 30.3 Å². The largest absolute Gasteiger partial charge is 0.452 e. The summed E-state index contributed by atoms with van der Waals surface area (Å²) in [5.41, 5.74) is 5.47. The van der Waals surface area contributed by atoms with E-state index in [1.54, 1.807) is 37.3 Å². The van der Waals surface area contributed by atoms with Crippen molar-refractivity contribution in [3.63, 3.8) is 0 Å². The summed E-state index contributed by atoms with van der Waals surface area (Å²) in [6.07, 6.45) is -7.03. The highest BCUT2D eigenvalue weighted by Crippen LogP contribution is 2.47. The van der Waals surface area contributed by atoms with Crippen molar-refractivity contribution in [3.8, 4) is 16.5 Å². The van der Waals surface area contributed by atoms with Gasteiger partial charge in [0, 0.05) is 11.3 Å². The van der Waals surface area contributed by atoms with Crippen LogP contribution in [-0.4, -0.2) is 18.3 Å². The Morgan fingerprint density at radius 3 is 2.81 bits per heavy atom. The topological polar surface area (TPSA) is 71.4 Å². The Bertz CT molecular complexity index is 919. The van der Waals surface area contributed by atoms with Gasteiger partial charge in [0.25, 0.3) is 6.02 Å². The molecule has 2 N–H and O–H groups in total. The number of amidine groups is 1. The lowest BCUT2D eigenvalue weighted by Crippen LogP contribution is -2.45. The minimum Gasteiger partial charge on any atom is -0.452 e. The summed E-state index contributed by atoms with van der Waals surface area (Å²) in [5.74, 6) is 0. The molecule has 2 heterocycles. The number of nitriles is 1. The number of alkyl halides is 3. The van der Waals surface area contributed by atoms with Crippen molar-refractivity contribution in [2.24, 2.45) is 10.7 Å². The Morgan fingerprint density at radius 1 is 1.42 bits per heavy atom. The van der Waals surface area contributed by atoms with Gasteiger partial charge in [-0.1, -0.05) is 23.7 Å². The lowest BCUT2D eigenvalue weighted by molar-refractivity contribution is -0.208. The standard InChI is InChI=1S/C17H13ClF3N3OS/c1-16(7-13(17(19,20)21)25-15(23)24-16)14-11(18)6-12(26-14)10-4-2-3-9(5-10)8-22/h2-6,13H,7H2,1H3,(H2,23,24)/t13-,16-/m0/s1. The predicted octanol–water partition coefficient (Wildman–Crippen LogP) is 4.82. The third-order valence-corrected chi connectivity index (χ3v) is 5.87. The van der Waals surface area contributed by atoms with Crippen molar-refractivity contribution < 1.29 is 17.9 Å². The fourth-order valence-corrected chi connectivity index (χ4v) is 4.45. The van der Waals surface area contributed by atoms with Crippen LogP contribution in [0.1, 0.15) is 23.8 Å². The molecule has 0 saturated heterocycles. The van der Waals surface area contributed by atoms with Crippen LogP contribution in [0, 0.1) is 11.3 Å². The zero-order chi connectivity index (χ0) is 19.1. The summed E-state index contributed by atoms with van der Waals surface area (Å²) in [5, 5.41) is 9.32. The van der Waals surface area contributed by atoms with E-state index in [-0.39, 0.29) is 0 Å². The smallest absolute Gasteiger partial charge is 0.425 e. The summed E-state index contributed by atoms with van der Waals surface area (Å²) < 4.78 is 44.1. The summed E-state index contributed by atoms with van der Waals surface area (Å²) in [4.78, 5) is 5.29. The van der Waals surface area contributed by atoms with E-state index >= 15 is 0 Å². The van der Waals surface area contributed by atoms with Gasteiger partial charge in [-0.25, -0.2) is 4.99 Å². The lowest BCUT2D eigenvalue weighted by Gasteiger charge is -2.35. The van der Waals surface area contributed by atoms with Crippen LogP contribution in [0.2, 0.25) is 5.02 Å². The molecule has 2 aromatic rings. The van der Waals surface area contributed by atoms with Gasteiger partial charge in [0.1, 0.15) is 5.54 Å². The van der Waals surface area contributed by atoms with Gasteiger partial charge in [0.2, 0.25) is 0 Å². The first-order valence-corrected chi connectivity index (χ1v) is 8.71. The number of thiophene rings is 1. The Morgan fingerprint density at radius 2 is 2.15 bits per heavy atom. The molecule has 0 unspecified atom stereocenters. The van der Waals surface area contributed by atoms with Gasteiger partial charge >= 0.3 is 6.18 Å². The molecule has 2 atom stereocenters. The van der Waals surface area contributed by atoms with E-state index in [4.69, 9.17) is 22.6 Å². The molecule has 0 spiro atoms. The first kappa shape index (κ1) is 18.5. The summed E-state index contributed by atoms with van der Waals surface area (Å²) in [7, 11) is 0. The minimum atomic E-state index is -4.56. The number of benzene rings is 1. The van der Waals surface area contributed by atoms with E-state index in [1.165, 1.54) is 11.3 Å². The van der Waals surface area contributed by atoms with E-state index in [2.05, 4.69) is 9.73 Å². The number of nitrogens with two attached hydrogens (primary N) is 1. The number of rotatable bonds is 2. The number of nitrogens with zero attached hydrogens (tertiary/aromatic N) is 2. The van der Waals surface area contributed by atoms with Gasteiger partial charge in [-0.3, -0.25) is 0 Å². The molecule has 1 aliphatic rings. The molecule has 0 amide bonds. The van der Waals surface area contributed by atoms with E-state index in [9.17, 15) is 13.2 Å². The van der Waals surface area contributed by atoms with Gasteiger partial charge < -0.3 is 10.5 Å². The Hall–Kier alpha value is -2.24. The van der Waals surface area contributed by atoms with Crippen molar-refractivity contribution in [2.45, 2.75) is 31.2 Å². The Labute approximate surface area is 156 Å². The van der Waals surface area contributed by atoms with E-state index in [0.717, 1.165) is 10.4 Å².